The molecule has 0 saturated carbocycles. The molecule has 0 bridgehead atoms. The first-order valence-electron chi connectivity index (χ1n) is 10.3. The number of nitro benzene ring substituents is 1. The van der Waals surface area contributed by atoms with Crippen molar-refractivity contribution in [1.82, 2.24) is 0 Å². The zero-order valence-electron chi connectivity index (χ0n) is 18.7. The summed E-state index contributed by atoms with van der Waals surface area (Å²) in [6.45, 7) is 6.42. The number of carbonyl (C=O) groups excluding carboxylic acids is 1. The third-order valence-corrected chi connectivity index (χ3v) is 5.35. The van der Waals surface area contributed by atoms with Crippen LogP contribution in [0.25, 0.3) is 23.2 Å². The number of methoxy groups -OCH3 is 1. The molecule has 0 spiro atoms. The summed E-state index contributed by atoms with van der Waals surface area (Å²) in [4.78, 5) is 22.9. The number of nitro groups is 1. The molecular weight excluding hydrogens is 422 g/mol. The van der Waals surface area contributed by atoms with Gasteiger partial charge in [0.15, 0.2) is 0 Å². The van der Waals surface area contributed by atoms with E-state index in [1.165, 1.54) is 24.8 Å². The molecule has 2 aromatic carbocycles. The van der Waals surface area contributed by atoms with Gasteiger partial charge in [-0.05, 0) is 41.3 Å². The van der Waals surface area contributed by atoms with E-state index < -0.39 is 10.9 Å². The quantitative estimate of drug-likeness (QED) is 0.203. The van der Waals surface area contributed by atoms with Crippen LogP contribution in [0, 0.1) is 10.1 Å². The summed E-state index contributed by atoms with van der Waals surface area (Å²) < 4.78 is 16.6. The van der Waals surface area contributed by atoms with Crippen molar-refractivity contribution in [2.75, 3.05) is 7.11 Å². The van der Waals surface area contributed by atoms with Crippen molar-refractivity contribution in [1.29, 1.82) is 0 Å². The average Bonchev–Trinajstić information content (AvgIpc) is 3.39. The second kappa shape index (κ2) is 8.43. The zero-order chi connectivity index (χ0) is 23.8. The van der Waals surface area contributed by atoms with Gasteiger partial charge in [0, 0.05) is 11.6 Å². The highest BCUT2D eigenvalue weighted by molar-refractivity contribution is 6.04. The van der Waals surface area contributed by atoms with Crippen LogP contribution in [0.1, 0.15) is 37.7 Å². The van der Waals surface area contributed by atoms with E-state index in [-0.39, 0.29) is 11.1 Å². The summed E-state index contributed by atoms with van der Waals surface area (Å²) in [6.07, 6.45) is 3.28. The maximum atomic E-state index is 12.4. The monoisotopic (exact) mass is 445 g/mol. The van der Waals surface area contributed by atoms with Crippen LogP contribution in [-0.4, -0.2) is 18.0 Å². The van der Waals surface area contributed by atoms with Crippen LogP contribution in [0.15, 0.2) is 70.7 Å². The molecule has 0 saturated heterocycles. The second-order valence-electron chi connectivity index (χ2n) is 8.67. The molecule has 3 aromatic rings. The highest BCUT2D eigenvalue weighted by Crippen LogP contribution is 2.35. The standard InChI is InChI=1S/C26H23NO6/c1-26(2,3)18-7-5-16(6-8-18)23-14-17(25(28)33-23)13-20-10-12-22(32-20)21-11-9-19(27(29)30)15-24(21)31-4/h5-15H,1-4H3. The van der Waals surface area contributed by atoms with Gasteiger partial charge in [0.05, 0.1) is 29.2 Å². The fourth-order valence-electron chi connectivity index (χ4n) is 3.49. The van der Waals surface area contributed by atoms with Gasteiger partial charge in [-0.2, -0.15) is 0 Å². The van der Waals surface area contributed by atoms with Crippen LogP contribution >= 0.6 is 0 Å². The molecule has 0 radical (unpaired) electrons. The van der Waals surface area contributed by atoms with E-state index in [1.807, 2.05) is 24.3 Å². The average molecular weight is 445 g/mol. The molecule has 0 amide bonds. The Bertz CT molecular complexity index is 1290. The highest BCUT2D eigenvalue weighted by atomic mass is 16.6. The largest absolute Gasteiger partial charge is 0.496 e. The van der Waals surface area contributed by atoms with E-state index in [0.29, 0.717) is 34.2 Å². The molecule has 0 fully saturated rings. The second-order valence-corrected chi connectivity index (χ2v) is 8.67. The number of benzene rings is 2. The predicted molar refractivity (Wildman–Crippen MR) is 125 cm³/mol. The molecule has 33 heavy (non-hydrogen) atoms. The van der Waals surface area contributed by atoms with Crippen molar-refractivity contribution < 1.29 is 23.6 Å². The van der Waals surface area contributed by atoms with Crippen LogP contribution in [-0.2, 0) is 14.9 Å². The Morgan fingerprint density at radius 3 is 2.39 bits per heavy atom. The van der Waals surface area contributed by atoms with Crippen molar-refractivity contribution in [3.8, 4) is 17.1 Å². The Morgan fingerprint density at radius 2 is 1.76 bits per heavy atom. The fourth-order valence-corrected chi connectivity index (χ4v) is 3.49. The molecule has 7 nitrogen and oxygen atoms in total. The van der Waals surface area contributed by atoms with Crippen molar-refractivity contribution in [3.05, 3.63) is 93.2 Å². The lowest BCUT2D eigenvalue weighted by Gasteiger charge is -2.19. The van der Waals surface area contributed by atoms with Gasteiger partial charge in [-0.15, -0.1) is 0 Å². The summed E-state index contributed by atoms with van der Waals surface area (Å²) in [7, 11) is 1.43. The highest BCUT2D eigenvalue weighted by Gasteiger charge is 2.23. The predicted octanol–water partition coefficient (Wildman–Crippen LogP) is 6.14. The molecule has 7 heteroatoms. The molecule has 1 aliphatic heterocycles. The number of hydrogen-bond acceptors (Lipinski definition) is 6. The minimum Gasteiger partial charge on any atom is -0.496 e. The SMILES string of the molecule is COc1cc([N+](=O)[O-])ccc1-c1ccc(C=C2C=C(c3ccc(C(C)(C)C)cc3)OC2=O)o1. The molecule has 0 unspecified atom stereocenters. The Balaban J connectivity index is 1.60. The maximum Gasteiger partial charge on any atom is 0.343 e. The first kappa shape index (κ1) is 22.1. The van der Waals surface area contributed by atoms with Crippen LogP contribution in [0.4, 0.5) is 5.69 Å². The molecule has 0 aliphatic carbocycles. The van der Waals surface area contributed by atoms with Crippen molar-refractivity contribution in [2.45, 2.75) is 26.2 Å². The molecule has 1 aromatic heterocycles. The van der Waals surface area contributed by atoms with Crippen LogP contribution in [0.5, 0.6) is 5.75 Å². The Morgan fingerprint density at radius 1 is 1.03 bits per heavy atom. The summed E-state index contributed by atoms with van der Waals surface area (Å²) in [5.74, 6) is 1.24. The van der Waals surface area contributed by atoms with Gasteiger partial charge in [-0.1, -0.05) is 45.0 Å². The van der Waals surface area contributed by atoms with Crippen LogP contribution in [0.3, 0.4) is 0 Å². The van der Waals surface area contributed by atoms with Crippen LogP contribution < -0.4 is 4.74 Å². The third kappa shape index (κ3) is 4.57. The fraction of sp³-hybridized carbons (Fsp3) is 0.192. The lowest BCUT2D eigenvalue weighted by Crippen LogP contribution is -2.10. The smallest absolute Gasteiger partial charge is 0.343 e. The van der Waals surface area contributed by atoms with Gasteiger partial charge in [0.1, 0.15) is 23.0 Å². The van der Waals surface area contributed by atoms with E-state index in [2.05, 4.69) is 20.8 Å². The minimum absolute atomic E-state index is 0.0354. The van der Waals surface area contributed by atoms with Crippen LogP contribution in [0.2, 0.25) is 0 Å². The zero-order valence-corrected chi connectivity index (χ0v) is 18.7. The van der Waals surface area contributed by atoms with Gasteiger partial charge in [-0.3, -0.25) is 10.1 Å². The minimum atomic E-state index is -0.490. The molecule has 0 atom stereocenters. The molecule has 168 valence electrons. The third-order valence-electron chi connectivity index (χ3n) is 5.35. The normalized spacial score (nSPS) is 14.8. The summed E-state index contributed by atoms with van der Waals surface area (Å²) >= 11 is 0. The molecular formula is C26H23NO6. The first-order chi connectivity index (χ1) is 15.7. The number of cyclic esters (lactones) is 1. The molecule has 0 N–H and O–H groups in total. The van der Waals surface area contributed by atoms with Crippen molar-refractivity contribution in [2.24, 2.45) is 0 Å². The number of esters is 1. The van der Waals surface area contributed by atoms with Gasteiger partial charge in [0.2, 0.25) is 0 Å². The summed E-state index contributed by atoms with van der Waals surface area (Å²) in [5, 5.41) is 11.0. The first-order valence-corrected chi connectivity index (χ1v) is 10.3. The topological polar surface area (TPSA) is 91.8 Å². The van der Waals surface area contributed by atoms with Gasteiger partial charge in [-0.25, -0.2) is 4.79 Å². The number of rotatable bonds is 5. The number of nitrogens with zero attached hydrogens (tertiary/aromatic N) is 1. The van der Waals surface area contributed by atoms with Crippen molar-refractivity contribution >= 4 is 23.5 Å². The lowest BCUT2D eigenvalue weighted by molar-refractivity contribution is -0.384. The number of carbonyl (C=O) groups is 1. The molecule has 2 heterocycles. The van der Waals surface area contributed by atoms with Crippen molar-refractivity contribution in [3.63, 3.8) is 0 Å². The molecule has 1 aliphatic rings. The Labute approximate surface area is 191 Å². The van der Waals surface area contributed by atoms with Gasteiger partial charge >= 0.3 is 5.97 Å². The maximum absolute atomic E-state index is 12.4. The van der Waals surface area contributed by atoms with E-state index >= 15 is 0 Å². The Kier molecular flexibility index (Phi) is 5.64. The number of ether oxygens (including phenoxy) is 2. The number of non-ortho nitro benzene ring substituents is 1. The number of furan rings is 1. The van der Waals surface area contributed by atoms with E-state index in [9.17, 15) is 14.9 Å². The summed E-state index contributed by atoms with van der Waals surface area (Å²) in [5.41, 5.74) is 2.89. The summed E-state index contributed by atoms with van der Waals surface area (Å²) in [6, 6.07) is 15.6. The number of hydrogen-bond donors (Lipinski definition) is 0. The van der Waals surface area contributed by atoms with E-state index in [0.717, 1.165) is 5.56 Å². The van der Waals surface area contributed by atoms with E-state index in [4.69, 9.17) is 13.9 Å². The van der Waals surface area contributed by atoms with Gasteiger partial charge < -0.3 is 13.9 Å². The lowest BCUT2D eigenvalue weighted by atomic mass is 9.86. The van der Waals surface area contributed by atoms with Gasteiger partial charge in [0.25, 0.3) is 5.69 Å². The van der Waals surface area contributed by atoms with E-state index in [1.54, 1.807) is 30.4 Å². The Hall–Kier alpha value is -4.13. The molecule has 4 rings (SSSR count).